The normalized spacial score (nSPS) is 15.6. The minimum absolute atomic E-state index is 0.150. The van der Waals surface area contributed by atoms with Gasteiger partial charge >= 0.3 is 5.97 Å². The SMILES string of the molecule is CCOC(=O)c1c(NC(=O)c2ccc(S(=O)(=O)N3CCc4ccccc4C3)cc2)sc2c1CCCC2. The molecule has 1 aliphatic heterocycles. The van der Waals surface area contributed by atoms with Gasteiger partial charge in [-0.05, 0) is 80.0 Å². The molecular weight excluding hydrogens is 496 g/mol. The van der Waals surface area contributed by atoms with E-state index < -0.39 is 21.9 Å². The zero-order chi connectivity index (χ0) is 25.3. The molecule has 0 radical (unpaired) electrons. The number of nitrogens with one attached hydrogen (secondary N) is 1. The molecule has 2 aliphatic rings. The summed E-state index contributed by atoms with van der Waals surface area (Å²) >= 11 is 1.42. The van der Waals surface area contributed by atoms with E-state index >= 15 is 0 Å². The Morgan fingerprint density at radius 2 is 1.72 bits per heavy atom. The molecule has 9 heteroatoms. The molecule has 2 heterocycles. The van der Waals surface area contributed by atoms with Crippen molar-refractivity contribution in [1.82, 2.24) is 4.31 Å². The third kappa shape index (κ3) is 4.70. The van der Waals surface area contributed by atoms with Crippen molar-refractivity contribution in [3.05, 3.63) is 81.2 Å². The summed E-state index contributed by atoms with van der Waals surface area (Å²) in [6.45, 7) is 2.77. The number of esters is 1. The molecule has 1 aliphatic carbocycles. The summed E-state index contributed by atoms with van der Waals surface area (Å²) in [6, 6.07) is 13.8. The van der Waals surface area contributed by atoms with Gasteiger partial charge in [0.05, 0.1) is 17.1 Å². The molecule has 0 bridgehead atoms. The molecule has 7 nitrogen and oxygen atoms in total. The molecule has 1 N–H and O–H groups in total. The lowest BCUT2D eigenvalue weighted by molar-refractivity contribution is 0.0526. The number of benzene rings is 2. The Bertz CT molecular complexity index is 1410. The number of sulfonamides is 1. The van der Waals surface area contributed by atoms with E-state index in [1.54, 1.807) is 6.92 Å². The average molecular weight is 525 g/mol. The quantitative estimate of drug-likeness (QED) is 0.468. The first-order chi connectivity index (χ1) is 17.4. The van der Waals surface area contributed by atoms with Crippen LogP contribution in [0.4, 0.5) is 5.00 Å². The number of nitrogens with zero attached hydrogens (tertiary/aromatic N) is 1. The van der Waals surface area contributed by atoms with Gasteiger partial charge < -0.3 is 10.1 Å². The standard InChI is InChI=1S/C27H28N2O5S2/c1-2-34-27(31)24-22-9-5-6-10-23(22)35-26(24)28-25(30)19-11-13-21(14-12-19)36(32,33)29-16-15-18-7-3-4-8-20(18)17-29/h3-4,7-8,11-14H,2,5-6,9-10,15-17H2,1H3,(H,28,30). The first-order valence-corrected chi connectivity index (χ1v) is 14.4. The van der Waals surface area contributed by atoms with E-state index in [-0.39, 0.29) is 11.5 Å². The Hall–Kier alpha value is -3.01. The highest BCUT2D eigenvalue weighted by molar-refractivity contribution is 7.89. The summed E-state index contributed by atoms with van der Waals surface area (Å²) in [7, 11) is -3.69. The molecule has 2 aromatic carbocycles. The number of fused-ring (bicyclic) bond motifs is 2. The lowest BCUT2D eigenvalue weighted by Crippen LogP contribution is -2.35. The van der Waals surface area contributed by atoms with Crippen molar-refractivity contribution in [2.24, 2.45) is 0 Å². The van der Waals surface area contributed by atoms with Crippen LogP contribution in [0, 0.1) is 0 Å². The Labute approximate surface area is 215 Å². The summed E-state index contributed by atoms with van der Waals surface area (Å²) in [6.07, 6.45) is 4.41. The fraction of sp³-hybridized carbons (Fsp3) is 0.333. The van der Waals surface area contributed by atoms with E-state index in [4.69, 9.17) is 4.74 Å². The number of amides is 1. The van der Waals surface area contributed by atoms with Gasteiger partial charge in [-0.1, -0.05) is 24.3 Å². The maximum atomic E-state index is 13.2. The van der Waals surface area contributed by atoms with E-state index in [0.717, 1.165) is 41.7 Å². The van der Waals surface area contributed by atoms with Gasteiger partial charge in [-0.3, -0.25) is 4.79 Å². The number of carbonyl (C=O) groups is 2. The van der Waals surface area contributed by atoms with Crippen molar-refractivity contribution in [2.75, 3.05) is 18.5 Å². The Morgan fingerprint density at radius 3 is 2.47 bits per heavy atom. The third-order valence-corrected chi connectivity index (χ3v) is 9.79. The van der Waals surface area contributed by atoms with Crippen LogP contribution in [0.15, 0.2) is 53.4 Å². The van der Waals surface area contributed by atoms with Crippen LogP contribution in [-0.2, 0) is 40.6 Å². The highest BCUT2D eigenvalue weighted by Crippen LogP contribution is 2.39. The van der Waals surface area contributed by atoms with Gasteiger partial charge in [0.25, 0.3) is 5.91 Å². The highest BCUT2D eigenvalue weighted by Gasteiger charge is 2.29. The number of hydrogen-bond donors (Lipinski definition) is 1. The van der Waals surface area contributed by atoms with Crippen LogP contribution in [-0.4, -0.2) is 37.8 Å². The number of hydrogen-bond acceptors (Lipinski definition) is 6. The molecule has 0 spiro atoms. The summed E-state index contributed by atoms with van der Waals surface area (Å²) in [5, 5.41) is 3.37. The van der Waals surface area contributed by atoms with E-state index in [9.17, 15) is 18.0 Å². The van der Waals surface area contributed by atoms with Crippen LogP contribution in [0.25, 0.3) is 0 Å². The van der Waals surface area contributed by atoms with E-state index in [0.29, 0.717) is 35.6 Å². The molecule has 0 atom stereocenters. The molecule has 0 saturated carbocycles. The second-order valence-electron chi connectivity index (χ2n) is 8.97. The molecule has 36 heavy (non-hydrogen) atoms. The lowest BCUT2D eigenvalue weighted by Gasteiger charge is -2.28. The van der Waals surface area contributed by atoms with Gasteiger partial charge in [-0.25, -0.2) is 13.2 Å². The van der Waals surface area contributed by atoms with Crippen molar-refractivity contribution in [3.63, 3.8) is 0 Å². The van der Waals surface area contributed by atoms with E-state index in [1.165, 1.54) is 45.5 Å². The summed E-state index contributed by atoms with van der Waals surface area (Å²) in [4.78, 5) is 27.0. The van der Waals surface area contributed by atoms with E-state index in [2.05, 4.69) is 5.32 Å². The van der Waals surface area contributed by atoms with Crippen LogP contribution >= 0.6 is 11.3 Å². The van der Waals surface area contributed by atoms with Gasteiger partial charge in [-0.2, -0.15) is 4.31 Å². The highest BCUT2D eigenvalue weighted by atomic mass is 32.2. The van der Waals surface area contributed by atoms with Gasteiger partial charge in [0.2, 0.25) is 10.0 Å². The fourth-order valence-electron chi connectivity index (χ4n) is 4.85. The molecule has 0 fully saturated rings. The van der Waals surface area contributed by atoms with Crippen LogP contribution in [0.5, 0.6) is 0 Å². The predicted molar refractivity (Wildman–Crippen MR) is 139 cm³/mol. The van der Waals surface area contributed by atoms with Crippen molar-refractivity contribution >= 4 is 38.2 Å². The smallest absolute Gasteiger partial charge is 0.341 e. The summed E-state index contributed by atoms with van der Waals surface area (Å²) in [5.41, 5.74) is 3.94. The zero-order valence-electron chi connectivity index (χ0n) is 20.1. The molecular formula is C27H28N2O5S2. The summed E-state index contributed by atoms with van der Waals surface area (Å²) in [5.74, 6) is -0.813. The van der Waals surface area contributed by atoms with Crippen LogP contribution in [0.2, 0.25) is 0 Å². The number of ether oxygens (including phenoxy) is 1. The number of aryl methyl sites for hydroxylation is 1. The number of anilines is 1. The van der Waals surface area contributed by atoms with Crippen molar-refractivity contribution in [3.8, 4) is 0 Å². The third-order valence-electron chi connectivity index (χ3n) is 6.73. The average Bonchev–Trinajstić information content (AvgIpc) is 3.26. The maximum Gasteiger partial charge on any atom is 0.341 e. The number of carbonyl (C=O) groups excluding carboxylic acids is 2. The van der Waals surface area contributed by atoms with Gasteiger partial charge in [0.15, 0.2) is 0 Å². The van der Waals surface area contributed by atoms with Gasteiger partial charge in [0.1, 0.15) is 5.00 Å². The largest absolute Gasteiger partial charge is 0.462 e. The van der Waals surface area contributed by atoms with Crippen LogP contribution in [0.1, 0.15) is 62.0 Å². The van der Waals surface area contributed by atoms with Gasteiger partial charge in [0, 0.05) is 23.5 Å². The molecule has 5 rings (SSSR count). The lowest BCUT2D eigenvalue weighted by atomic mass is 9.95. The topological polar surface area (TPSA) is 92.8 Å². The molecule has 188 valence electrons. The minimum Gasteiger partial charge on any atom is -0.462 e. The maximum absolute atomic E-state index is 13.2. The van der Waals surface area contributed by atoms with Crippen LogP contribution in [0.3, 0.4) is 0 Å². The second kappa shape index (κ2) is 10.2. The molecule has 0 unspecified atom stereocenters. The minimum atomic E-state index is -3.69. The molecule has 1 amide bonds. The van der Waals surface area contributed by atoms with E-state index in [1.807, 2.05) is 24.3 Å². The Balaban J connectivity index is 1.34. The fourth-order valence-corrected chi connectivity index (χ4v) is 7.54. The second-order valence-corrected chi connectivity index (χ2v) is 12.0. The Morgan fingerprint density at radius 1 is 1.00 bits per heavy atom. The Kier molecular flexibility index (Phi) is 6.96. The van der Waals surface area contributed by atoms with Crippen molar-refractivity contribution < 1.29 is 22.7 Å². The predicted octanol–water partition coefficient (Wildman–Crippen LogP) is 4.80. The molecule has 1 aromatic heterocycles. The first kappa shape index (κ1) is 24.7. The number of rotatable bonds is 6. The zero-order valence-corrected chi connectivity index (χ0v) is 21.7. The first-order valence-electron chi connectivity index (χ1n) is 12.2. The van der Waals surface area contributed by atoms with Gasteiger partial charge in [-0.15, -0.1) is 11.3 Å². The molecule has 0 saturated heterocycles. The summed E-state index contributed by atoms with van der Waals surface area (Å²) < 4.78 is 33.2. The van der Waals surface area contributed by atoms with Crippen molar-refractivity contribution in [2.45, 2.75) is 50.5 Å². The molecule has 3 aromatic rings. The van der Waals surface area contributed by atoms with Crippen LogP contribution < -0.4 is 5.32 Å². The van der Waals surface area contributed by atoms with Crippen molar-refractivity contribution in [1.29, 1.82) is 0 Å². The monoisotopic (exact) mass is 524 g/mol. The number of thiophene rings is 1.